The molecule has 100 valence electrons. The van der Waals surface area contributed by atoms with E-state index >= 15 is 0 Å². The SMILES string of the molecule is COCC(C)NC(=O)CNCC(=O)NC(C)C. The highest BCUT2D eigenvalue weighted by Crippen LogP contribution is 1.81. The second-order valence-corrected chi connectivity index (χ2v) is 4.25. The lowest BCUT2D eigenvalue weighted by Crippen LogP contribution is -2.44. The van der Waals surface area contributed by atoms with Crippen LogP contribution in [0.5, 0.6) is 0 Å². The van der Waals surface area contributed by atoms with Crippen LogP contribution < -0.4 is 16.0 Å². The summed E-state index contributed by atoms with van der Waals surface area (Å²) in [5.74, 6) is -0.260. The molecule has 0 aromatic rings. The highest BCUT2D eigenvalue weighted by molar-refractivity contribution is 5.81. The molecule has 0 aliphatic heterocycles. The summed E-state index contributed by atoms with van der Waals surface area (Å²) in [4.78, 5) is 22.6. The normalized spacial score (nSPS) is 12.3. The number of carbonyl (C=O) groups excluding carboxylic acids is 2. The fraction of sp³-hybridized carbons (Fsp3) is 0.818. The van der Waals surface area contributed by atoms with Crippen LogP contribution in [-0.4, -0.2) is 50.7 Å². The lowest BCUT2D eigenvalue weighted by Gasteiger charge is -2.13. The average Bonchev–Trinajstić information content (AvgIpc) is 2.16. The molecule has 0 fully saturated rings. The van der Waals surface area contributed by atoms with E-state index in [9.17, 15) is 9.59 Å². The monoisotopic (exact) mass is 245 g/mol. The summed E-state index contributed by atoms with van der Waals surface area (Å²) in [6.07, 6.45) is 0. The molecule has 3 N–H and O–H groups in total. The number of rotatable bonds is 8. The van der Waals surface area contributed by atoms with E-state index in [0.29, 0.717) is 6.61 Å². The smallest absolute Gasteiger partial charge is 0.234 e. The van der Waals surface area contributed by atoms with Gasteiger partial charge in [0.15, 0.2) is 0 Å². The zero-order chi connectivity index (χ0) is 13.3. The Hall–Kier alpha value is -1.14. The largest absolute Gasteiger partial charge is 0.383 e. The Morgan fingerprint density at radius 3 is 2.06 bits per heavy atom. The third-order valence-corrected chi connectivity index (χ3v) is 1.84. The Balaban J connectivity index is 3.60. The molecule has 0 bridgehead atoms. The summed E-state index contributed by atoms with van der Waals surface area (Å²) in [6, 6.07) is 0.0821. The Morgan fingerprint density at radius 1 is 1.06 bits per heavy atom. The molecule has 1 unspecified atom stereocenters. The van der Waals surface area contributed by atoms with Gasteiger partial charge in [-0.2, -0.15) is 0 Å². The number of hydrogen-bond donors (Lipinski definition) is 3. The molecule has 6 nitrogen and oxygen atoms in total. The number of ether oxygens (including phenoxy) is 1. The molecule has 0 aromatic carbocycles. The Kier molecular flexibility index (Phi) is 8.35. The van der Waals surface area contributed by atoms with Crippen molar-refractivity contribution in [1.82, 2.24) is 16.0 Å². The first-order valence-electron chi connectivity index (χ1n) is 5.74. The predicted octanol–water partition coefficient (Wildman–Crippen LogP) is -0.748. The Bertz CT molecular complexity index is 244. The molecule has 0 heterocycles. The van der Waals surface area contributed by atoms with Gasteiger partial charge in [-0.3, -0.25) is 14.9 Å². The fourth-order valence-corrected chi connectivity index (χ4v) is 1.28. The third kappa shape index (κ3) is 9.77. The van der Waals surface area contributed by atoms with Gasteiger partial charge in [-0.25, -0.2) is 0 Å². The molecule has 0 saturated heterocycles. The minimum Gasteiger partial charge on any atom is -0.383 e. The maximum absolute atomic E-state index is 11.4. The van der Waals surface area contributed by atoms with Gasteiger partial charge in [-0.1, -0.05) is 0 Å². The van der Waals surface area contributed by atoms with E-state index in [1.807, 2.05) is 20.8 Å². The number of carbonyl (C=O) groups is 2. The van der Waals surface area contributed by atoms with Gasteiger partial charge in [0, 0.05) is 19.2 Å². The van der Waals surface area contributed by atoms with Crippen molar-refractivity contribution in [1.29, 1.82) is 0 Å². The molecule has 0 radical (unpaired) electrons. The molecule has 0 rings (SSSR count). The van der Waals surface area contributed by atoms with Gasteiger partial charge in [0.2, 0.25) is 11.8 Å². The van der Waals surface area contributed by atoms with Gasteiger partial charge < -0.3 is 15.4 Å². The quantitative estimate of drug-likeness (QED) is 0.526. The van der Waals surface area contributed by atoms with Crippen molar-refractivity contribution in [3.8, 4) is 0 Å². The zero-order valence-corrected chi connectivity index (χ0v) is 11.0. The van der Waals surface area contributed by atoms with Crippen LogP contribution in [0.1, 0.15) is 20.8 Å². The van der Waals surface area contributed by atoms with E-state index in [1.165, 1.54) is 0 Å². The summed E-state index contributed by atoms with van der Waals surface area (Å²) >= 11 is 0. The van der Waals surface area contributed by atoms with Crippen molar-refractivity contribution in [3.05, 3.63) is 0 Å². The van der Waals surface area contributed by atoms with Gasteiger partial charge in [-0.15, -0.1) is 0 Å². The van der Waals surface area contributed by atoms with Crippen LogP contribution in [-0.2, 0) is 14.3 Å². The van der Waals surface area contributed by atoms with Crippen LogP contribution in [0.15, 0.2) is 0 Å². The van der Waals surface area contributed by atoms with E-state index in [0.717, 1.165) is 0 Å². The van der Waals surface area contributed by atoms with Crippen LogP contribution in [0.3, 0.4) is 0 Å². The summed E-state index contributed by atoms with van der Waals surface area (Å²) < 4.78 is 4.89. The Morgan fingerprint density at radius 2 is 1.59 bits per heavy atom. The summed E-state index contributed by atoms with van der Waals surface area (Å²) in [7, 11) is 1.58. The lowest BCUT2D eigenvalue weighted by atomic mass is 10.3. The summed E-state index contributed by atoms with van der Waals surface area (Å²) in [6.45, 7) is 6.37. The van der Waals surface area contributed by atoms with Crippen LogP contribution in [0, 0.1) is 0 Å². The molecular weight excluding hydrogens is 222 g/mol. The molecule has 6 heteroatoms. The molecule has 0 aliphatic carbocycles. The maximum atomic E-state index is 11.4. The highest BCUT2D eigenvalue weighted by atomic mass is 16.5. The highest BCUT2D eigenvalue weighted by Gasteiger charge is 2.07. The summed E-state index contributed by atoms with van der Waals surface area (Å²) in [5, 5.41) is 8.23. The predicted molar refractivity (Wildman–Crippen MR) is 65.6 cm³/mol. The number of methoxy groups -OCH3 is 1. The minimum atomic E-state index is -0.146. The van der Waals surface area contributed by atoms with Gasteiger partial charge in [0.1, 0.15) is 0 Å². The summed E-state index contributed by atoms with van der Waals surface area (Å²) in [5.41, 5.74) is 0. The molecular formula is C11H23N3O3. The maximum Gasteiger partial charge on any atom is 0.234 e. The Labute approximate surface area is 102 Å². The van der Waals surface area contributed by atoms with Crippen molar-refractivity contribution in [2.24, 2.45) is 0 Å². The van der Waals surface area contributed by atoms with Gasteiger partial charge in [0.25, 0.3) is 0 Å². The molecule has 0 aromatic heterocycles. The first kappa shape index (κ1) is 15.9. The van der Waals surface area contributed by atoms with E-state index in [4.69, 9.17) is 4.74 Å². The van der Waals surface area contributed by atoms with Crippen molar-refractivity contribution >= 4 is 11.8 Å². The van der Waals surface area contributed by atoms with Crippen LogP contribution in [0.2, 0.25) is 0 Å². The first-order valence-corrected chi connectivity index (χ1v) is 5.74. The van der Waals surface area contributed by atoms with Crippen molar-refractivity contribution < 1.29 is 14.3 Å². The van der Waals surface area contributed by atoms with E-state index < -0.39 is 0 Å². The lowest BCUT2D eigenvalue weighted by molar-refractivity contribution is -0.122. The fourth-order valence-electron chi connectivity index (χ4n) is 1.28. The number of nitrogens with one attached hydrogen (secondary N) is 3. The van der Waals surface area contributed by atoms with Gasteiger partial charge >= 0.3 is 0 Å². The zero-order valence-electron chi connectivity index (χ0n) is 11.0. The topological polar surface area (TPSA) is 79.5 Å². The minimum absolute atomic E-state index is 0.0289. The molecule has 17 heavy (non-hydrogen) atoms. The molecule has 1 atom stereocenters. The van der Waals surface area contributed by atoms with Crippen molar-refractivity contribution in [3.63, 3.8) is 0 Å². The van der Waals surface area contributed by atoms with E-state index in [1.54, 1.807) is 7.11 Å². The standard InChI is InChI=1S/C11H23N3O3/c1-8(2)13-10(15)5-12-6-11(16)14-9(3)7-17-4/h8-9,12H,5-7H2,1-4H3,(H,13,15)(H,14,16). The molecule has 0 aliphatic rings. The van der Waals surface area contributed by atoms with E-state index in [-0.39, 0.29) is 37.0 Å². The number of amides is 2. The van der Waals surface area contributed by atoms with Crippen LogP contribution in [0.4, 0.5) is 0 Å². The van der Waals surface area contributed by atoms with Crippen LogP contribution in [0.25, 0.3) is 0 Å². The second kappa shape index (κ2) is 8.95. The first-order chi connectivity index (χ1) is 7.95. The van der Waals surface area contributed by atoms with Crippen molar-refractivity contribution in [2.45, 2.75) is 32.9 Å². The molecule has 0 spiro atoms. The average molecular weight is 245 g/mol. The third-order valence-electron chi connectivity index (χ3n) is 1.84. The molecule has 0 saturated carbocycles. The molecule has 2 amide bonds. The van der Waals surface area contributed by atoms with Gasteiger partial charge in [0.05, 0.1) is 19.7 Å². The van der Waals surface area contributed by atoms with Gasteiger partial charge in [-0.05, 0) is 20.8 Å². The number of hydrogen-bond acceptors (Lipinski definition) is 4. The second-order valence-electron chi connectivity index (χ2n) is 4.25. The van der Waals surface area contributed by atoms with Crippen molar-refractivity contribution in [2.75, 3.05) is 26.8 Å². The van der Waals surface area contributed by atoms with E-state index in [2.05, 4.69) is 16.0 Å². The van der Waals surface area contributed by atoms with Crippen LogP contribution >= 0.6 is 0 Å².